The number of rotatable bonds is 2. The first kappa shape index (κ1) is 15.1. The van der Waals surface area contributed by atoms with Crippen molar-refractivity contribution in [2.24, 2.45) is 16.7 Å². The first-order chi connectivity index (χ1) is 9.23. The molecule has 0 aromatic heterocycles. The maximum absolute atomic E-state index is 12.6. The number of hydrogen-bond acceptors (Lipinski definition) is 3. The van der Waals surface area contributed by atoms with Crippen molar-refractivity contribution in [3.05, 3.63) is 0 Å². The molecule has 5 nitrogen and oxygen atoms in total. The summed E-state index contributed by atoms with van der Waals surface area (Å²) < 4.78 is 4.99. The van der Waals surface area contributed by atoms with Crippen molar-refractivity contribution < 1.29 is 14.3 Å². The summed E-state index contributed by atoms with van der Waals surface area (Å²) in [7, 11) is 0. The third kappa shape index (κ3) is 2.27. The molecule has 0 spiro atoms. The quantitative estimate of drug-likeness (QED) is 0.778. The van der Waals surface area contributed by atoms with Crippen LogP contribution >= 0.6 is 0 Å². The number of ether oxygens (including phenoxy) is 1. The molecule has 1 saturated heterocycles. The average Bonchev–Trinajstić information content (AvgIpc) is 2.79. The van der Waals surface area contributed by atoms with E-state index in [1.165, 1.54) is 0 Å². The SMILES string of the molecule is CCOC(=O)N1CCN(C(=O)C2C(C)(C)C2(C)C)CC1. The van der Waals surface area contributed by atoms with Crippen LogP contribution in [-0.4, -0.2) is 54.6 Å². The van der Waals surface area contributed by atoms with Gasteiger partial charge in [0.1, 0.15) is 0 Å². The van der Waals surface area contributed by atoms with Gasteiger partial charge in [0, 0.05) is 32.1 Å². The molecule has 2 fully saturated rings. The van der Waals surface area contributed by atoms with Crippen molar-refractivity contribution in [3.8, 4) is 0 Å². The maximum Gasteiger partial charge on any atom is 0.409 e. The molecule has 0 aromatic rings. The first-order valence-electron chi connectivity index (χ1n) is 7.44. The van der Waals surface area contributed by atoms with E-state index in [0.29, 0.717) is 32.8 Å². The number of carbonyl (C=O) groups excluding carboxylic acids is 2. The number of piperazine rings is 1. The fraction of sp³-hybridized carbons (Fsp3) is 0.867. The lowest BCUT2D eigenvalue weighted by Gasteiger charge is -2.34. The molecule has 2 rings (SSSR count). The van der Waals surface area contributed by atoms with Crippen molar-refractivity contribution in [1.29, 1.82) is 0 Å². The molecule has 1 aliphatic heterocycles. The molecule has 0 atom stereocenters. The second kappa shape index (κ2) is 4.93. The van der Waals surface area contributed by atoms with Gasteiger partial charge < -0.3 is 14.5 Å². The molecule has 2 amide bonds. The van der Waals surface area contributed by atoms with Gasteiger partial charge in [-0.15, -0.1) is 0 Å². The van der Waals surface area contributed by atoms with Gasteiger partial charge in [-0.1, -0.05) is 27.7 Å². The summed E-state index contributed by atoms with van der Waals surface area (Å²) in [5.41, 5.74) is 0.144. The summed E-state index contributed by atoms with van der Waals surface area (Å²) in [4.78, 5) is 27.8. The van der Waals surface area contributed by atoms with E-state index in [4.69, 9.17) is 4.74 Å². The minimum absolute atomic E-state index is 0.0718. The Bertz CT molecular complexity index is 395. The highest BCUT2D eigenvalue weighted by molar-refractivity contribution is 5.84. The molecule has 0 unspecified atom stereocenters. The maximum atomic E-state index is 12.6. The lowest BCUT2D eigenvalue weighted by molar-refractivity contribution is -0.135. The van der Waals surface area contributed by atoms with E-state index in [0.717, 1.165) is 0 Å². The molecule has 2 aliphatic rings. The van der Waals surface area contributed by atoms with Crippen LogP contribution in [0.2, 0.25) is 0 Å². The molecular formula is C15H26N2O3. The largest absolute Gasteiger partial charge is 0.450 e. The van der Waals surface area contributed by atoms with E-state index >= 15 is 0 Å². The molecule has 0 bridgehead atoms. The fourth-order valence-corrected chi connectivity index (χ4v) is 3.32. The molecule has 114 valence electrons. The Labute approximate surface area is 121 Å². The molecule has 1 saturated carbocycles. The van der Waals surface area contributed by atoms with Gasteiger partial charge in [0.25, 0.3) is 0 Å². The van der Waals surface area contributed by atoms with Gasteiger partial charge in [0.15, 0.2) is 0 Å². The Kier molecular flexibility index (Phi) is 3.73. The number of nitrogens with zero attached hydrogens (tertiary/aromatic N) is 2. The Morgan fingerprint density at radius 2 is 1.45 bits per heavy atom. The van der Waals surface area contributed by atoms with Crippen LogP contribution in [0, 0.1) is 16.7 Å². The van der Waals surface area contributed by atoms with Crippen LogP contribution in [0.1, 0.15) is 34.6 Å². The van der Waals surface area contributed by atoms with Gasteiger partial charge in [0.2, 0.25) is 5.91 Å². The molecule has 1 aliphatic carbocycles. The Hall–Kier alpha value is -1.26. The second-order valence-electron chi connectivity index (χ2n) is 6.89. The summed E-state index contributed by atoms with van der Waals surface area (Å²) in [6, 6.07) is 0. The van der Waals surface area contributed by atoms with Crippen molar-refractivity contribution in [2.75, 3.05) is 32.8 Å². The van der Waals surface area contributed by atoms with E-state index in [1.807, 2.05) is 4.90 Å². The van der Waals surface area contributed by atoms with Gasteiger partial charge in [-0.05, 0) is 17.8 Å². The molecule has 20 heavy (non-hydrogen) atoms. The lowest BCUT2D eigenvalue weighted by atomic mass is 10.0. The van der Waals surface area contributed by atoms with Crippen LogP contribution in [0.5, 0.6) is 0 Å². The molecule has 1 heterocycles. The number of hydrogen-bond donors (Lipinski definition) is 0. The Morgan fingerprint density at radius 3 is 1.85 bits per heavy atom. The highest BCUT2D eigenvalue weighted by atomic mass is 16.6. The van der Waals surface area contributed by atoms with Crippen molar-refractivity contribution in [2.45, 2.75) is 34.6 Å². The highest BCUT2D eigenvalue weighted by Gasteiger charge is 2.68. The number of carbonyl (C=O) groups is 2. The van der Waals surface area contributed by atoms with Gasteiger partial charge >= 0.3 is 6.09 Å². The van der Waals surface area contributed by atoms with Crippen molar-refractivity contribution in [1.82, 2.24) is 9.80 Å². The monoisotopic (exact) mass is 282 g/mol. The normalized spacial score (nSPS) is 24.4. The number of amides is 2. The third-order valence-corrected chi connectivity index (χ3v) is 5.39. The van der Waals surface area contributed by atoms with E-state index in [-0.39, 0.29) is 28.7 Å². The van der Waals surface area contributed by atoms with Gasteiger partial charge in [-0.2, -0.15) is 0 Å². The summed E-state index contributed by atoms with van der Waals surface area (Å²) in [6.07, 6.45) is -0.272. The van der Waals surface area contributed by atoms with Crippen LogP contribution in [0.15, 0.2) is 0 Å². The highest BCUT2D eigenvalue weighted by Crippen LogP contribution is 2.68. The zero-order chi connectivity index (χ0) is 15.1. The van der Waals surface area contributed by atoms with E-state index in [9.17, 15) is 9.59 Å². The van der Waals surface area contributed by atoms with Crippen LogP contribution in [0.4, 0.5) is 4.79 Å². The predicted molar refractivity (Wildman–Crippen MR) is 76.2 cm³/mol. The molecule has 0 N–H and O–H groups in total. The second-order valence-corrected chi connectivity index (χ2v) is 6.89. The Balaban J connectivity index is 1.89. The van der Waals surface area contributed by atoms with Crippen LogP contribution < -0.4 is 0 Å². The van der Waals surface area contributed by atoms with Crippen LogP contribution in [-0.2, 0) is 9.53 Å². The summed E-state index contributed by atoms with van der Waals surface area (Å²) in [6.45, 7) is 13.2. The minimum Gasteiger partial charge on any atom is -0.450 e. The lowest BCUT2D eigenvalue weighted by Crippen LogP contribution is -2.51. The zero-order valence-corrected chi connectivity index (χ0v) is 13.2. The molecule has 0 radical (unpaired) electrons. The zero-order valence-electron chi connectivity index (χ0n) is 13.2. The van der Waals surface area contributed by atoms with Crippen molar-refractivity contribution >= 4 is 12.0 Å². The fourth-order valence-electron chi connectivity index (χ4n) is 3.32. The van der Waals surface area contributed by atoms with Crippen LogP contribution in [0.25, 0.3) is 0 Å². The Morgan fingerprint density at radius 1 is 1.00 bits per heavy atom. The summed E-state index contributed by atoms with van der Waals surface area (Å²) in [5.74, 6) is 0.340. The van der Waals surface area contributed by atoms with Crippen molar-refractivity contribution in [3.63, 3.8) is 0 Å². The average molecular weight is 282 g/mol. The third-order valence-electron chi connectivity index (χ3n) is 5.39. The topological polar surface area (TPSA) is 49.9 Å². The van der Waals surface area contributed by atoms with Gasteiger partial charge in [-0.3, -0.25) is 4.79 Å². The van der Waals surface area contributed by atoms with E-state index in [2.05, 4.69) is 27.7 Å². The summed E-state index contributed by atoms with van der Waals surface area (Å²) >= 11 is 0. The molecular weight excluding hydrogens is 256 g/mol. The first-order valence-corrected chi connectivity index (χ1v) is 7.44. The van der Waals surface area contributed by atoms with E-state index in [1.54, 1.807) is 11.8 Å². The minimum atomic E-state index is -0.272. The standard InChI is InChI=1S/C15H26N2O3/c1-6-20-13(19)17-9-7-16(8-10-17)12(18)11-14(2,3)15(11,4)5/h11H,6-10H2,1-5H3. The molecule has 0 aromatic carbocycles. The summed E-state index contributed by atoms with van der Waals surface area (Å²) in [5, 5.41) is 0. The van der Waals surface area contributed by atoms with E-state index < -0.39 is 0 Å². The van der Waals surface area contributed by atoms with Crippen LogP contribution in [0.3, 0.4) is 0 Å². The molecule has 5 heteroatoms. The smallest absolute Gasteiger partial charge is 0.409 e. The van der Waals surface area contributed by atoms with Gasteiger partial charge in [0.05, 0.1) is 6.61 Å². The predicted octanol–water partition coefficient (Wildman–Crippen LogP) is 1.97. The van der Waals surface area contributed by atoms with Gasteiger partial charge in [-0.25, -0.2) is 4.79 Å².